The first kappa shape index (κ1) is 18.8. The maximum Gasteiger partial charge on any atom is 0.261 e. The average Bonchev–Trinajstić information content (AvgIpc) is 2.64. The summed E-state index contributed by atoms with van der Waals surface area (Å²) in [4.78, 5) is 0.235. The van der Waals surface area contributed by atoms with Gasteiger partial charge in [0.15, 0.2) is 0 Å². The molecule has 0 atom stereocenters. The molecule has 2 N–H and O–H groups in total. The smallest absolute Gasteiger partial charge is 0.261 e. The van der Waals surface area contributed by atoms with Gasteiger partial charge in [0.25, 0.3) is 20.0 Å². The molecule has 1 heterocycles. The van der Waals surface area contributed by atoms with Crippen LogP contribution < -0.4 is 9.44 Å². The third-order valence-electron chi connectivity index (χ3n) is 3.38. The van der Waals surface area contributed by atoms with Gasteiger partial charge in [-0.05, 0) is 44.5 Å². The number of halogens is 1. The van der Waals surface area contributed by atoms with E-state index in [1.165, 1.54) is 24.3 Å². The zero-order chi connectivity index (χ0) is 18.6. The van der Waals surface area contributed by atoms with Crippen molar-refractivity contribution in [1.29, 1.82) is 0 Å². The van der Waals surface area contributed by atoms with Crippen molar-refractivity contribution >= 4 is 56.2 Å². The van der Waals surface area contributed by atoms with E-state index >= 15 is 0 Å². The van der Waals surface area contributed by atoms with Gasteiger partial charge in [-0.15, -0.1) is 0 Å². The molecule has 0 bridgehead atoms. The van der Waals surface area contributed by atoms with Gasteiger partial charge in [-0.3, -0.25) is 9.44 Å². The molecule has 1 aliphatic heterocycles. The Hall–Kier alpha value is -1.98. The van der Waals surface area contributed by atoms with E-state index in [0.29, 0.717) is 0 Å². The lowest BCUT2D eigenvalue weighted by Gasteiger charge is -2.15. The fourth-order valence-electron chi connectivity index (χ4n) is 2.14. The first-order valence-electron chi connectivity index (χ1n) is 7.40. The van der Waals surface area contributed by atoms with Crippen molar-refractivity contribution in [3.8, 4) is 0 Å². The van der Waals surface area contributed by atoms with Gasteiger partial charge in [-0.25, -0.2) is 16.8 Å². The Kier molecular flexibility index (Phi) is 5.58. The van der Waals surface area contributed by atoms with Crippen molar-refractivity contribution in [2.75, 3.05) is 9.44 Å². The number of para-hydroxylation sites is 2. The molecule has 0 radical (unpaired) electrons. The second kappa shape index (κ2) is 7.72. The molecule has 0 amide bonds. The van der Waals surface area contributed by atoms with E-state index < -0.39 is 20.0 Å². The molecule has 3 rings (SSSR count). The highest BCUT2D eigenvalue weighted by Gasteiger charge is 2.20. The van der Waals surface area contributed by atoms with Crippen LogP contribution in [0.1, 0.15) is 0 Å². The fraction of sp³-hybridized carbons (Fsp3) is 0. The molecular weight excluding hydrogens is 487 g/mol. The Balaban J connectivity index is 1.91. The van der Waals surface area contributed by atoms with Crippen molar-refractivity contribution in [3.05, 3.63) is 75.7 Å². The lowest BCUT2D eigenvalue weighted by molar-refractivity contribution is 0.600. The fourth-order valence-corrected chi connectivity index (χ4v) is 6.24. The van der Waals surface area contributed by atoms with Gasteiger partial charge in [0, 0.05) is 0 Å². The summed E-state index contributed by atoms with van der Waals surface area (Å²) in [6.45, 7) is 0. The minimum absolute atomic E-state index is 0.0918. The van der Waals surface area contributed by atoms with Crippen LogP contribution in [0, 0.1) is 0 Å². The van der Waals surface area contributed by atoms with E-state index in [9.17, 15) is 16.8 Å². The van der Waals surface area contributed by atoms with Crippen LogP contribution in [0.3, 0.4) is 0 Å². The Bertz CT molecular complexity index is 1110. The van der Waals surface area contributed by atoms with E-state index in [4.69, 9.17) is 0 Å². The third kappa shape index (κ3) is 4.40. The van der Waals surface area contributed by atoms with E-state index in [2.05, 4.69) is 9.44 Å². The maximum absolute atomic E-state index is 12.5. The van der Waals surface area contributed by atoms with Gasteiger partial charge in [-0.2, -0.15) is 0 Å². The summed E-state index contributed by atoms with van der Waals surface area (Å²) < 4.78 is 58.6. The number of hydrogen-bond acceptors (Lipinski definition) is 4. The molecule has 0 saturated carbocycles. The van der Waals surface area contributed by atoms with E-state index in [0.717, 1.165) is 0 Å². The summed E-state index contributed by atoms with van der Waals surface area (Å²) >= 11 is -0.239. The highest BCUT2D eigenvalue weighted by molar-refractivity contribution is 14.2. The van der Waals surface area contributed by atoms with Gasteiger partial charge in [-0.1, -0.05) is 51.1 Å². The van der Waals surface area contributed by atoms with Crippen LogP contribution in [-0.4, -0.2) is 20.8 Å². The summed E-state index contributed by atoms with van der Waals surface area (Å²) in [6.07, 6.45) is 3.12. The molecule has 6 nitrogen and oxygen atoms in total. The largest absolute Gasteiger partial charge is 0.277 e. The molecule has 2 aromatic carbocycles. The number of rotatable bonds is 6. The van der Waals surface area contributed by atoms with Gasteiger partial charge in [0.1, 0.15) is 0 Å². The Morgan fingerprint density at radius 3 is 1.88 bits per heavy atom. The first-order valence-corrected chi connectivity index (χ1v) is 12.9. The van der Waals surface area contributed by atoms with E-state index in [1.807, 2.05) is 8.09 Å². The standard InChI is InChI=1S/C17H15IN2O4S2/c21-25(22,14-6-2-1-3-7-14)19-16-8-4-5-9-17(16)20-26(23,24)15-10-12-18-13-11-15/h1-13,19-20H. The van der Waals surface area contributed by atoms with E-state index in [1.54, 1.807) is 42.5 Å². The molecule has 26 heavy (non-hydrogen) atoms. The molecule has 136 valence electrons. The average molecular weight is 502 g/mol. The minimum atomic E-state index is -3.83. The summed E-state index contributed by atoms with van der Waals surface area (Å²) in [5, 5.41) is 0. The molecule has 1 aliphatic rings. The van der Waals surface area contributed by atoms with Crippen LogP contribution in [0.25, 0.3) is 0 Å². The number of allylic oxidation sites excluding steroid dienone is 2. The van der Waals surface area contributed by atoms with Crippen LogP contribution >= 0.6 is 20.7 Å². The molecule has 0 aliphatic carbocycles. The van der Waals surface area contributed by atoms with Crippen molar-refractivity contribution in [2.24, 2.45) is 0 Å². The van der Waals surface area contributed by atoms with Crippen LogP contribution in [0.5, 0.6) is 0 Å². The lowest BCUT2D eigenvalue weighted by Crippen LogP contribution is -2.18. The second-order valence-corrected chi connectivity index (χ2v) is 10.7. The lowest BCUT2D eigenvalue weighted by atomic mass is 10.3. The monoisotopic (exact) mass is 502 g/mol. The Morgan fingerprint density at radius 2 is 1.31 bits per heavy atom. The van der Waals surface area contributed by atoms with Crippen molar-refractivity contribution in [1.82, 2.24) is 0 Å². The summed E-state index contributed by atoms with van der Waals surface area (Å²) in [6, 6.07) is 14.1. The van der Waals surface area contributed by atoms with Crippen molar-refractivity contribution in [3.63, 3.8) is 0 Å². The summed E-state index contributed by atoms with van der Waals surface area (Å²) in [5.74, 6) is 0. The van der Waals surface area contributed by atoms with Crippen LogP contribution in [-0.2, 0) is 20.0 Å². The zero-order valence-electron chi connectivity index (χ0n) is 13.3. The molecule has 0 unspecified atom stereocenters. The number of nitrogens with one attached hydrogen (secondary N) is 2. The van der Waals surface area contributed by atoms with Crippen LogP contribution in [0.15, 0.2) is 80.6 Å². The minimum Gasteiger partial charge on any atom is -0.277 e. The summed E-state index contributed by atoms with van der Waals surface area (Å²) in [5.41, 5.74) is 0.304. The second-order valence-electron chi connectivity index (χ2n) is 5.18. The maximum atomic E-state index is 12.5. The van der Waals surface area contributed by atoms with Crippen molar-refractivity contribution < 1.29 is 16.8 Å². The Labute approximate surface area is 162 Å². The number of anilines is 2. The number of benzene rings is 2. The SMILES string of the molecule is O=S(=O)(Nc1ccccc1NS(=O)(=O)c1ccccc1)C1=CC=IC=C1. The number of hydrogen-bond donors (Lipinski definition) is 2. The highest BCUT2D eigenvalue weighted by atomic mass is 127. The van der Waals surface area contributed by atoms with Gasteiger partial charge >= 0.3 is 0 Å². The molecule has 9 heteroatoms. The molecule has 0 spiro atoms. The van der Waals surface area contributed by atoms with Crippen LogP contribution in [0.4, 0.5) is 11.4 Å². The number of sulfonamides is 2. The third-order valence-corrected chi connectivity index (χ3v) is 7.69. The highest BCUT2D eigenvalue weighted by Crippen LogP contribution is 2.27. The predicted molar refractivity (Wildman–Crippen MR) is 114 cm³/mol. The quantitative estimate of drug-likeness (QED) is 0.593. The van der Waals surface area contributed by atoms with Gasteiger partial charge in [0.05, 0.1) is 21.2 Å². The van der Waals surface area contributed by atoms with Crippen molar-refractivity contribution in [2.45, 2.75) is 4.90 Å². The molecule has 0 saturated heterocycles. The molecular formula is C17H15IN2O4S2. The normalized spacial score (nSPS) is 14.2. The van der Waals surface area contributed by atoms with Gasteiger partial charge < -0.3 is 0 Å². The van der Waals surface area contributed by atoms with Crippen LogP contribution in [0.2, 0.25) is 0 Å². The summed E-state index contributed by atoms with van der Waals surface area (Å²) in [7, 11) is -7.63. The van der Waals surface area contributed by atoms with E-state index in [-0.39, 0.29) is 41.9 Å². The predicted octanol–water partition coefficient (Wildman–Crippen LogP) is 3.41. The molecule has 2 aromatic rings. The van der Waals surface area contributed by atoms with Gasteiger partial charge in [0.2, 0.25) is 0 Å². The zero-order valence-corrected chi connectivity index (χ0v) is 17.1. The first-order chi connectivity index (χ1) is 12.4. The molecule has 0 fully saturated rings. The molecule has 0 aromatic heterocycles. The topological polar surface area (TPSA) is 92.3 Å². The Morgan fingerprint density at radius 1 is 0.731 bits per heavy atom.